The molecular formula is C34H30FN3O5S. The Morgan fingerprint density at radius 3 is 2.55 bits per heavy atom. The minimum atomic E-state index is -0.806. The van der Waals surface area contributed by atoms with E-state index in [1.807, 2.05) is 54.7 Å². The molecule has 1 aliphatic heterocycles. The van der Waals surface area contributed by atoms with Gasteiger partial charge in [-0.3, -0.25) is 9.36 Å². The van der Waals surface area contributed by atoms with E-state index in [-0.39, 0.29) is 30.2 Å². The lowest BCUT2D eigenvalue weighted by molar-refractivity contribution is -0.140. The maximum absolute atomic E-state index is 14.2. The fourth-order valence-corrected chi connectivity index (χ4v) is 6.55. The van der Waals surface area contributed by atoms with Crippen molar-refractivity contribution in [3.63, 3.8) is 0 Å². The van der Waals surface area contributed by atoms with Crippen molar-refractivity contribution < 1.29 is 23.4 Å². The zero-order valence-corrected chi connectivity index (χ0v) is 25.3. The first-order chi connectivity index (χ1) is 21.4. The molecule has 3 aromatic carbocycles. The van der Waals surface area contributed by atoms with E-state index in [1.165, 1.54) is 30.6 Å². The molecule has 1 unspecified atom stereocenters. The minimum Gasteiger partial charge on any atom is -0.496 e. The Kier molecular flexibility index (Phi) is 8.28. The van der Waals surface area contributed by atoms with Gasteiger partial charge in [-0.1, -0.05) is 59.9 Å². The van der Waals surface area contributed by atoms with E-state index in [0.717, 1.165) is 22.0 Å². The van der Waals surface area contributed by atoms with E-state index in [9.17, 15) is 14.0 Å². The highest BCUT2D eigenvalue weighted by Crippen LogP contribution is 2.35. The average Bonchev–Trinajstić information content (AvgIpc) is 3.53. The van der Waals surface area contributed by atoms with Gasteiger partial charge in [0, 0.05) is 41.9 Å². The lowest BCUT2D eigenvalue weighted by Gasteiger charge is -2.26. The van der Waals surface area contributed by atoms with Gasteiger partial charge < -0.3 is 18.8 Å². The summed E-state index contributed by atoms with van der Waals surface area (Å²) in [5.41, 5.74) is 3.89. The smallest absolute Gasteiger partial charge is 0.338 e. The van der Waals surface area contributed by atoms with Gasteiger partial charge in [0.05, 0.1) is 29.5 Å². The molecule has 0 N–H and O–H groups in total. The van der Waals surface area contributed by atoms with Gasteiger partial charge >= 0.3 is 5.97 Å². The van der Waals surface area contributed by atoms with Crippen molar-refractivity contribution >= 4 is 34.3 Å². The van der Waals surface area contributed by atoms with Crippen molar-refractivity contribution in [2.75, 3.05) is 27.4 Å². The third-order valence-corrected chi connectivity index (χ3v) is 8.55. The zero-order valence-electron chi connectivity index (χ0n) is 24.5. The quantitative estimate of drug-likeness (QED) is 0.180. The average molecular weight is 612 g/mol. The van der Waals surface area contributed by atoms with Crippen LogP contribution in [0.2, 0.25) is 0 Å². The molecule has 224 valence electrons. The number of hydrogen-bond donors (Lipinski definition) is 0. The summed E-state index contributed by atoms with van der Waals surface area (Å²) < 4.78 is 33.8. The van der Waals surface area contributed by atoms with Gasteiger partial charge in [-0.05, 0) is 42.8 Å². The molecule has 1 atom stereocenters. The molecule has 10 heteroatoms. The molecule has 0 bridgehead atoms. The van der Waals surface area contributed by atoms with Crippen LogP contribution in [-0.4, -0.2) is 42.5 Å². The number of allylic oxidation sites excluding steroid dienone is 1. The van der Waals surface area contributed by atoms with Gasteiger partial charge in [-0.2, -0.15) is 0 Å². The fourth-order valence-electron chi connectivity index (χ4n) is 5.51. The van der Waals surface area contributed by atoms with Crippen molar-refractivity contribution in [1.82, 2.24) is 9.13 Å². The number of halogens is 1. The summed E-state index contributed by atoms with van der Waals surface area (Å²) in [6.45, 7) is 2.59. The summed E-state index contributed by atoms with van der Waals surface area (Å²) in [4.78, 5) is 32.8. The molecule has 3 heterocycles. The van der Waals surface area contributed by atoms with E-state index < -0.39 is 12.0 Å². The lowest BCUT2D eigenvalue weighted by atomic mass is 9.95. The molecule has 1 aliphatic rings. The number of nitrogens with zero attached hydrogens (tertiary/aromatic N) is 3. The molecule has 0 aliphatic carbocycles. The molecule has 0 amide bonds. The Labute approximate surface area is 256 Å². The van der Waals surface area contributed by atoms with E-state index >= 15 is 0 Å². The van der Waals surface area contributed by atoms with Gasteiger partial charge in [0.25, 0.3) is 5.56 Å². The van der Waals surface area contributed by atoms with Crippen LogP contribution in [0.1, 0.15) is 29.7 Å². The summed E-state index contributed by atoms with van der Waals surface area (Å²) >= 11 is 1.26. The van der Waals surface area contributed by atoms with Gasteiger partial charge in [-0.15, -0.1) is 0 Å². The van der Waals surface area contributed by atoms with Crippen molar-refractivity contribution in [3.8, 4) is 5.75 Å². The highest BCUT2D eigenvalue weighted by molar-refractivity contribution is 7.07. The van der Waals surface area contributed by atoms with E-state index in [2.05, 4.69) is 4.57 Å². The first-order valence-electron chi connectivity index (χ1n) is 14.0. The number of hydrogen-bond acceptors (Lipinski definition) is 7. The Hall–Kier alpha value is -4.80. The Bertz CT molecular complexity index is 2070. The highest BCUT2D eigenvalue weighted by atomic mass is 32.1. The van der Waals surface area contributed by atoms with Gasteiger partial charge in [0.1, 0.15) is 24.2 Å². The van der Waals surface area contributed by atoms with Crippen LogP contribution in [0.25, 0.3) is 17.0 Å². The van der Waals surface area contributed by atoms with Crippen molar-refractivity contribution in [2.24, 2.45) is 4.99 Å². The number of thiazole rings is 1. The van der Waals surface area contributed by atoms with Crippen LogP contribution in [0.4, 0.5) is 4.39 Å². The molecule has 6 rings (SSSR count). The van der Waals surface area contributed by atoms with Gasteiger partial charge in [-0.25, -0.2) is 14.2 Å². The molecule has 2 aromatic heterocycles. The van der Waals surface area contributed by atoms with Crippen LogP contribution in [-0.2, 0) is 20.8 Å². The lowest BCUT2D eigenvalue weighted by Crippen LogP contribution is -2.40. The second kappa shape index (κ2) is 12.4. The Morgan fingerprint density at radius 2 is 1.77 bits per heavy atom. The van der Waals surface area contributed by atoms with E-state index in [0.29, 0.717) is 32.9 Å². The summed E-state index contributed by atoms with van der Waals surface area (Å²) in [6.07, 6.45) is 3.86. The third-order valence-electron chi connectivity index (χ3n) is 7.57. The predicted molar refractivity (Wildman–Crippen MR) is 167 cm³/mol. The molecule has 0 saturated heterocycles. The van der Waals surface area contributed by atoms with Crippen LogP contribution in [0.5, 0.6) is 5.75 Å². The van der Waals surface area contributed by atoms with Crippen LogP contribution < -0.4 is 19.6 Å². The summed E-state index contributed by atoms with van der Waals surface area (Å²) in [6, 6.07) is 20.9. The van der Waals surface area contributed by atoms with Crippen molar-refractivity contribution in [3.05, 3.63) is 132 Å². The van der Waals surface area contributed by atoms with Crippen LogP contribution in [0.15, 0.2) is 100 Å². The maximum atomic E-state index is 14.2. The highest BCUT2D eigenvalue weighted by Gasteiger charge is 2.35. The summed E-state index contributed by atoms with van der Waals surface area (Å²) in [7, 11) is 3.08. The normalized spacial score (nSPS) is 14.9. The van der Waals surface area contributed by atoms with Crippen molar-refractivity contribution in [2.45, 2.75) is 19.5 Å². The zero-order chi connectivity index (χ0) is 30.8. The molecule has 44 heavy (non-hydrogen) atoms. The van der Waals surface area contributed by atoms with Crippen LogP contribution in [0, 0.1) is 5.82 Å². The topological polar surface area (TPSA) is 84.0 Å². The number of carbonyl (C=O) groups excluding carboxylic acids is 1. The summed E-state index contributed by atoms with van der Waals surface area (Å²) in [5, 5.41) is 0.973. The third kappa shape index (κ3) is 5.49. The second-order valence-corrected chi connectivity index (χ2v) is 11.3. The standard InChI is InChI=1S/C34H30FN3O5S/c1-21-30(33(40)43-17-16-41-2)31(26-9-5-7-11-28(26)42-3)38-32(39)29(44-34(38)36-21)18-23-20-37(27-10-6-4-8-25(23)27)19-22-12-14-24(35)15-13-22/h4-15,18,20,31H,16-17,19H2,1-3H3. The predicted octanol–water partition coefficient (Wildman–Crippen LogP) is 4.58. The Morgan fingerprint density at radius 1 is 1.02 bits per heavy atom. The van der Waals surface area contributed by atoms with E-state index in [1.54, 1.807) is 36.8 Å². The van der Waals surface area contributed by atoms with Gasteiger partial charge in [0.2, 0.25) is 0 Å². The van der Waals surface area contributed by atoms with Crippen LogP contribution >= 0.6 is 11.3 Å². The number of aromatic nitrogens is 2. The molecule has 5 aromatic rings. The monoisotopic (exact) mass is 611 g/mol. The number of fused-ring (bicyclic) bond motifs is 2. The SMILES string of the molecule is COCCOC(=O)C1=C(C)N=c2sc(=Cc3cn(Cc4ccc(F)cc4)c4ccccc34)c(=O)n2C1c1ccccc1OC. The first kappa shape index (κ1) is 29.3. The number of rotatable bonds is 9. The molecule has 0 saturated carbocycles. The number of carbonyl (C=O) groups is 1. The van der Waals surface area contributed by atoms with Crippen LogP contribution in [0.3, 0.4) is 0 Å². The number of ether oxygens (including phenoxy) is 3. The largest absolute Gasteiger partial charge is 0.496 e. The molecule has 0 radical (unpaired) electrons. The molecule has 0 fully saturated rings. The maximum Gasteiger partial charge on any atom is 0.338 e. The number of methoxy groups -OCH3 is 2. The Balaban J connectivity index is 1.50. The minimum absolute atomic E-state index is 0.0666. The van der Waals surface area contributed by atoms with Gasteiger partial charge in [0.15, 0.2) is 4.80 Å². The fraction of sp³-hybridized carbons (Fsp3) is 0.206. The first-order valence-corrected chi connectivity index (χ1v) is 14.8. The number of para-hydroxylation sites is 2. The molecular weight excluding hydrogens is 581 g/mol. The second-order valence-electron chi connectivity index (χ2n) is 10.3. The van der Waals surface area contributed by atoms with Crippen molar-refractivity contribution in [1.29, 1.82) is 0 Å². The number of benzene rings is 3. The number of esters is 1. The summed E-state index contributed by atoms with van der Waals surface area (Å²) in [5.74, 6) is -0.319. The molecule has 8 nitrogen and oxygen atoms in total. The van der Waals surface area contributed by atoms with E-state index in [4.69, 9.17) is 19.2 Å². The molecule has 0 spiro atoms.